The van der Waals surface area contributed by atoms with Crippen molar-refractivity contribution in [2.75, 3.05) is 0 Å². The Bertz CT molecular complexity index is 5590. The number of fused-ring (bicyclic) bond motifs is 12. The van der Waals surface area contributed by atoms with Gasteiger partial charge in [0.15, 0.2) is 5.69 Å². The minimum Gasteiger partial charge on any atom is -0.309 e. The van der Waals surface area contributed by atoms with Crippen LogP contribution in [0.1, 0.15) is 251 Å². The van der Waals surface area contributed by atoms with E-state index in [2.05, 4.69) is 261 Å². The van der Waals surface area contributed by atoms with Gasteiger partial charge in [-0.15, -0.1) is 0 Å². The molecule has 15 aromatic rings. The van der Waals surface area contributed by atoms with Gasteiger partial charge in [-0.2, -0.15) is 5.26 Å². The summed E-state index contributed by atoms with van der Waals surface area (Å²) in [5, 5.41) is 19.5. The third-order valence-electron chi connectivity index (χ3n) is 23.1. The summed E-state index contributed by atoms with van der Waals surface area (Å²) in [6, 6.07) is 63.1. The molecule has 0 spiro atoms. The number of nitrogens with zero attached hydrogens (tertiary/aromatic N) is 4. The van der Waals surface area contributed by atoms with Crippen LogP contribution in [0.25, 0.3) is 103 Å². The lowest BCUT2D eigenvalue weighted by Gasteiger charge is -2.43. The molecule has 0 amide bonds. The topological polar surface area (TPSA) is 37.0 Å². The Labute approximate surface area is 553 Å². The molecule has 4 heterocycles. The molecule has 0 radical (unpaired) electrons. The molecule has 0 atom stereocenters. The first-order chi connectivity index (χ1) is 46.4. The van der Waals surface area contributed by atoms with Crippen LogP contribution in [-0.2, 0) is 0 Å². The second kappa shape index (κ2) is 19.3. The molecule has 0 saturated carbocycles. The van der Waals surface area contributed by atoms with Crippen LogP contribution < -0.4 is 0 Å². The van der Waals surface area contributed by atoms with Gasteiger partial charge >= 0.3 is 0 Å². The lowest BCUT2D eigenvalue weighted by molar-refractivity contribution is 0.759. The van der Waals surface area contributed by atoms with Crippen molar-refractivity contribution in [1.29, 1.82) is 5.26 Å². The molecule has 0 aliphatic heterocycles. The zero-order valence-corrected chi connectivity index (χ0v) is 55.6. The first-order valence-electron chi connectivity index (χ1n) is 35.5. The number of nitriles is 1. The Hall–Kier alpha value is -10.0. The predicted octanol–water partition coefficient (Wildman–Crippen LogP) is 24.5. The summed E-state index contributed by atoms with van der Waals surface area (Å²) >= 11 is 0. The number of rotatable bonds is 8. The summed E-state index contributed by atoms with van der Waals surface area (Å²) in [5.41, 5.74) is 33.8. The molecule has 4 aromatic heterocycles. The van der Waals surface area contributed by atoms with Gasteiger partial charge in [0, 0.05) is 72.3 Å². The van der Waals surface area contributed by atoms with Crippen molar-refractivity contribution in [1.82, 2.24) is 8.80 Å². The van der Waals surface area contributed by atoms with E-state index in [1.54, 1.807) is 0 Å². The van der Waals surface area contributed by atoms with Gasteiger partial charge in [0.1, 0.15) is 0 Å². The Morgan fingerprint density at radius 2 is 0.702 bits per heavy atom. The largest absolute Gasteiger partial charge is 0.309 e. The monoisotopic (exact) mass is 1210 g/mol. The van der Waals surface area contributed by atoms with Crippen molar-refractivity contribution in [2.24, 2.45) is 0 Å². The van der Waals surface area contributed by atoms with Crippen molar-refractivity contribution < 1.29 is 2.74 Å². The normalized spacial score (nSPS) is 17.1. The van der Waals surface area contributed by atoms with E-state index in [1.165, 1.54) is 100 Å². The molecule has 4 bridgehead atoms. The van der Waals surface area contributed by atoms with Crippen LogP contribution in [0.2, 0.25) is 0 Å². The average Bonchev–Trinajstić information content (AvgIpc) is 1.47. The molecule has 6 aliphatic rings. The first kappa shape index (κ1) is 53.5. The van der Waals surface area contributed by atoms with E-state index in [9.17, 15) is 14.6 Å². The maximum atomic E-state index is 11.8. The Kier molecular flexibility index (Phi) is 11.0. The molecule has 454 valence electrons. The van der Waals surface area contributed by atoms with Gasteiger partial charge in [0.25, 0.3) is 0 Å². The second-order valence-electron chi connectivity index (χ2n) is 30.0. The summed E-state index contributed by atoms with van der Waals surface area (Å²) in [7, 11) is 0. The van der Waals surface area contributed by atoms with E-state index in [-0.39, 0.29) is 47.3 Å². The zero-order valence-electron chi connectivity index (χ0n) is 57.6. The fraction of sp³-hybridized carbons (Fsp3) is 0.244. The predicted molar refractivity (Wildman–Crippen MR) is 392 cm³/mol. The lowest BCUT2D eigenvalue weighted by atomic mass is 9.59. The van der Waals surface area contributed by atoms with Crippen molar-refractivity contribution in [3.63, 3.8) is 0 Å². The second-order valence-corrected chi connectivity index (χ2v) is 30.0. The van der Waals surface area contributed by atoms with E-state index in [0.717, 1.165) is 87.4 Å². The number of hydrogen-bond acceptors (Lipinski definition) is 1. The summed E-state index contributed by atoms with van der Waals surface area (Å²) in [4.78, 5) is 4.54. The summed E-state index contributed by atoms with van der Waals surface area (Å²) in [5.74, 6) is 0.964. The van der Waals surface area contributed by atoms with Gasteiger partial charge in [-0.3, -0.25) is 0 Å². The molecule has 94 heavy (non-hydrogen) atoms. The minimum atomic E-state index is -0.136. The molecule has 0 saturated heterocycles. The fourth-order valence-corrected chi connectivity index (χ4v) is 19.1. The summed E-state index contributed by atoms with van der Waals surface area (Å²) in [6.45, 7) is 37.0. The van der Waals surface area contributed by atoms with E-state index in [4.69, 9.17) is 0 Å². The Morgan fingerprint density at radius 1 is 0.383 bits per heavy atom. The number of benzene rings is 11. The third-order valence-corrected chi connectivity index (χ3v) is 23.1. The van der Waals surface area contributed by atoms with Gasteiger partial charge in [0.2, 0.25) is 0 Å². The molecule has 0 N–H and O–H groups in total. The standard InChI is InChI=1S/C90H74N4/c1-43(2)49-30-62(45(5)6)77(63(31-49)46(7)8)51-34-68-66-40-74-67(39-73(66)93-75-38-53(42-91)79-80-54-22-14-18-26-58(54)82(59-27-19-15-23-55(59)80)87(79)84(75)70(36-51)89(68)93)69-35-52(78-64(47(9)10)32-50(44(3)4)33-65(78)48(11)12)37-71-85-76(94(74)90(69)71)41-72(92-13)86-81-56-24-16-20-28-60(56)83(88(85)86)61-29-21-17-25-57(61)81/h14-41,43-48,80-83H,1-12H3/i39D,40D. The SMILES string of the molecule is [2H]c1c2c3cc(-c4c(C(C)C)cc(C(C)C)cc4C(C)C)cc4c5c6c(c(C#N)cc5n(c2c([2H])c2c5cc(-c7c(C(C)C)cc(C(C)C)cc7C(C)C)cc7c8c9c(c([N+]#[C-])cc8n(c12)c75)C1c2ccccc2C9c2ccccc21)c43)C1c2ccccc2C6c2ccccc21. The minimum absolute atomic E-state index is 0.124. The van der Waals surface area contributed by atoms with Gasteiger partial charge < -0.3 is 8.80 Å². The molecule has 6 aliphatic carbocycles. The molecular weight excluding hydrogens is 1140 g/mol. The maximum absolute atomic E-state index is 11.8. The lowest BCUT2D eigenvalue weighted by Crippen LogP contribution is -2.28. The highest BCUT2D eigenvalue weighted by molar-refractivity contribution is 6.31. The van der Waals surface area contributed by atoms with Crippen LogP contribution in [0.5, 0.6) is 0 Å². The Morgan fingerprint density at radius 3 is 1.03 bits per heavy atom. The molecule has 4 heteroatoms. The quantitative estimate of drug-likeness (QED) is 0.140. The van der Waals surface area contributed by atoms with Crippen LogP contribution >= 0.6 is 0 Å². The molecular formula is C90H74N4. The van der Waals surface area contributed by atoms with Crippen molar-refractivity contribution >= 4 is 81.9 Å². The van der Waals surface area contributed by atoms with E-state index < -0.39 is 0 Å². The van der Waals surface area contributed by atoms with Gasteiger partial charge in [0.05, 0.1) is 48.5 Å². The van der Waals surface area contributed by atoms with Crippen molar-refractivity contribution in [2.45, 2.75) is 142 Å². The van der Waals surface area contributed by atoms with E-state index in [0.29, 0.717) is 46.2 Å². The third kappa shape index (κ3) is 6.96. The smallest absolute Gasteiger partial charge is 0.193 e. The van der Waals surface area contributed by atoms with Crippen LogP contribution in [-0.4, -0.2) is 8.80 Å². The average molecular weight is 1210 g/mol. The van der Waals surface area contributed by atoms with E-state index in [1.807, 2.05) is 0 Å². The highest BCUT2D eigenvalue weighted by Gasteiger charge is 2.47. The molecule has 0 fully saturated rings. The Balaban J connectivity index is 1.04. The van der Waals surface area contributed by atoms with Gasteiger partial charge in [-0.1, -0.05) is 204 Å². The highest BCUT2D eigenvalue weighted by Crippen LogP contribution is 2.63. The fourth-order valence-electron chi connectivity index (χ4n) is 19.1. The zero-order chi connectivity index (χ0) is 65.8. The molecule has 21 rings (SSSR count). The molecule has 4 nitrogen and oxygen atoms in total. The molecule has 0 unspecified atom stereocenters. The van der Waals surface area contributed by atoms with Gasteiger partial charge in [-0.25, -0.2) is 4.85 Å². The number of aromatic nitrogens is 2. The van der Waals surface area contributed by atoms with Crippen LogP contribution in [0.15, 0.2) is 170 Å². The summed E-state index contributed by atoms with van der Waals surface area (Å²) in [6.07, 6.45) is 0. The van der Waals surface area contributed by atoms with E-state index >= 15 is 0 Å². The maximum Gasteiger partial charge on any atom is 0.193 e. The van der Waals surface area contributed by atoms with Crippen molar-refractivity contribution in [3.8, 4) is 28.3 Å². The first-order valence-corrected chi connectivity index (χ1v) is 34.5. The highest BCUT2D eigenvalue weighted by atomic mass is 14.9. The van der Waals surface area contributed by atoms with Crippen molar-refractivity contribution in [3.05, 3.63) is 287 Å². The van der Waals surface area contributed by atoms with Crippen LogP contribution in [0.3, 0.4) is 0 Å². The van der Waals surface area contributed by atoms with Gasteiger partial charge in [-0.05, 0) is 206 Å². The number of hydrogen-bond donors (Lipinski definition) is 0. The summed E-state index contributed by atoms with van der Waals surface area (Å²) < 4.78 is 27.6. The van der Waals surface area contributed by atoms with Crippen LogP contribution in [0.4, 0.5) is 5.69 Å². The van der Waals surface area contributed by atoms with Crippen LogP contribution in [0, 0.1) is 17.9 Å². The molecule has 11 aromatic carbocycles.